The molecule has 138 valence electrons. The van der Waals surface area contributed by atoms with Crippen molar-refractivity contribution in [1.82, 2.24) is 4.90 Å². The van der Waals surface area contributed by atoms with E-state index in [1.54, 1.807) is 31.2 Å². The van der Waals surface area contributed by atoms with Crippen LogP contribution in [0, 0.1) is 6.92 Å². The lowest BCUT2D eigenvalue weighted by Crippen LogP contribution is -2.42. The summed E-state index contributed by atoms with van der Waals surface area (Å²) >= 11 is 12.1. The third kappa shape index (κ3) is 5.38. The molecule has 0 aliphatic heterocycles. The van der Waals surface area contributed by atoms with E-state index < -0.39 is 12.0 Å². The van der Waals surface area contributed by atoms with Crippen molar-refractivity contribution in [3.05, 3.63) is 58.1 Å². The highest BCUT2D eigenvalue weighted by Crippen LogP contribution is 2.29. The number of para-hydroxylation sites is 1. The Morgan fingerprint density at radius 2 is 1.77 bits per heavy atom. The minimum Gasteiger partial charge on any atom is -0.481 e. The maximum Gasteiger partial charge on any atom is 0.263 e. The molecule has 0 heterocycles. The summed E-state index contributed by atoms with van der Waals surface area (Å²) in [7, 11) is 1.53. The van der Waals surface area contributed by atoms with Gasteiger partial charge in [-0.15, -0.1) is 0 Å². The van der Waals surface area contributed by atoms with Gasteiger partial charge in [0, 0.05) is 7.05 Å². The van der Waals surface area contributed by atoms with Gasteiger partial charge in [-0.25, -0.2) is 0 Å². The fourth-order valence-corrected chi connectivity index (χ4v) is 2.83. The molecule has 0 saturated heterocycles. The van der Waals surface area contributed by atoms with E-state index in [4.69, 9.17) is 27.9 Å². The van der Waals surface area contributed by atoms with Crippen LogP contribution in [0.3, 0.4) is 0 Å². The third-order valence-electron chi connectivity index (χ3n) is 3.63. The molecular formula is C19H20Cl2N2O3. The van der Waals surface area contributed by atoms with Crippen LogP contribution in [0.1, 0.15) is 12.5 Å². The summed E-state index contributed by atoms with van der Waals surface area (Å²) in [5.41, 5.74) is 1.36. The summed E-state index contributed by atoms with van der Waals surface area (Å²) in [5.74, 6) is -0.114. The zero-order valence-corrected chi connectivity index (χ0v) is 16.3. The molecule has 0 fully saturated rings. The first-order valence-electron chi connectivity index (χ1n) is 8.00. The molecule has 2 rings (SSSR count). The van der Waals surface area contributed by atoms with Crippen LogP contribution in [0.4, 0.5) is 5.69 Å². The van der Waals surface area contributed by atoms with Crippen LogP contribution in [0.5, 0.6) is 5.75 Å². The van der Waals surface area contributed by atoms with E-state index in [2.05, 4.69) is 5.32 Å². The number of nitrogens with zero attached hydrogens (tertiary/aromatic N) is 1. The molecule has 5 nitrogen and oxygen atoms in total. The number of benzene rings is 2. The number of rotatable bonds is 6. The molecule has 0 saturated carbocycles. The topological polar surface area (TPSA) is 58.6 Å². The Morgan fingerprint density at radius 3 is 2.38 bits per heavy atom. The molecule has 0 bridgehead atoms. The van der Waals surface area contributed by atoms with Crippen molar-refractivity contribution in [3.63, 3.8) is 0 Å². The number of anilines is 1. The maximum absolute atomic E-state index is 12.4. The van der Waals surface area contributed by atoms with Gasteiger partial charge in [-0.2, -0.15) is 0 Å². The largest absolute Gasteiger partial charge is 0.481 e. The molecule has 0 aliphatic carbocycles. The summed E-state index contributed by atoms with van der Waals surface area (Å²) in [4.78, 5) is 25.9. The number of likely N-dealkylation sites (N-methyl/N-ethyl adjacent to an activating group) is 1. The van der Waals surface area contributed by atoms with E-state index in [1.165, 1.54) is 11.9 Å². The van der Waals surface area contributed by atoms with Crippen molar-refractivity contribution < 1.29 is 14.3 Å². The first-order valence-corrected chi connectivity index (χ1v) is 8.75. The van der Waals surface area contributed by atoms with Crippen LogP contribution < -0.4 is 10.1 Å². The van der Waals surface area contributed by atoms with Gasteiger partial charge in [-0.1, -0.05) is 41.4 Å². The zero-order valence-electron chi connectivity index (χ0n) is 14.8. The summed E-state index contributed by atoms with van der Waals surface area (Å²) < 4.78 is 5.65. The van der Waals surface area contributed by atoms with Crippen LogP contribution in [0.2, 0.25) is 10.0 Å². The zero-order chi connectivity index (χ0) is 19.3. The van der Waals surface area contributed by atoms with Crippen LogP contribution in [-0.4, -0.2) is 36.4 Å². The number of nitrogens with one attached hydrogen (secondary N) is 1. The van der Waals surface area contributed by atoms with Gasteiger partial charge in [0.05, 0.1) is 22.3 Å². The Hall–Kier alpha value is -2.24. The monoisotopic (exact) mass is 394 g/mol. The molecule has 2 aromatic carbocycles. The van der Waals surface area contributed by atoms with Crippen molar-refractivity contribution in [1.29, 1.82) is 0 Å². The minimum atomic E-state index is -0.724. The van der Waals surface area contributed by atoms with Crippen molar-refractivity contribution in [2.75, 3.05) is 18.9 Å². The van der Waals surface area contributed by atoms with E-state index in [1.807, 2.05) is 25.1 Å². The normalized spacial score (nSPS) is 11.6. The molecule has 2 aromatic rings. The highest BCUT2D eigenvalue weighted by Gasteiger charge is 2.21. The van der Waals surface area contributed by atoms with Crippen LogP contribution in [0.15, 0.2) is 42.5 Å². The van der Waals surface area contributed by atoms with E-state index in [0.717, 1.165) is 5.56 Å². The quantitative estimate of drug-likeness (QED) is 0.799. The first kappa shape index (κ1) is 20.1. The number of aryl methyl sites for hydroxylation is 1. The number of amides is 2. The van der Waals surface area contributed by atoms with E-state index >= 15 is 0 Å². The average Bonchev–Trinajstić information content (AvgIpc) is 2.57. The molecule has 2 amide bonds. The lowest BCUT2D eigenvalue weighted by Gasteiger charge is -2.22. The van der Waals surface area contributed by atoms with Gasteiger partial charge in [0.2, 0.25) is 5.91 Å². The van der Waals surface area contributed by atoms with Crippen molar-refractivity contribution in [2.45, 2.75) is 20.0 Å². The van der Waals surface area contributed by atoms with Crippen molar-refractivity contribution >= 4 is 40.7 Å². The van der Waals surface area contributed by atoms with Crippen molar-refractivity contribution in [2.24, 2.45) is 0 Å². The van der Waals surface area contributed by atoms with Gasteiger partial charge in [0.15, 0.2) is 6.10 Å². The number of hydrogen-bond donors (Lipinski definition) is 1. The van der Waals surface area contributed by atoms with Crippen LogP contribution >= 0.6 is 23.2 Å². The van der Waals surface area contributed by atoms with Crippen LogP contribution in [0.25, 0.3) is 0 Å². The second kappa shape index (κ2) is 8.92. The third-order valence-corrected chi connectivity index (χ3v) is 4.26. The Balaban J connectivity index is 1.94. The van der Waals surface area contributed by atoms with E-state index in [0.29, 0.717) is 21.5 Å². The van der Waals surface area contributed by atoms with Gasteiger partial charge in [0.25, 0.3) is 5.91 Å². The Bertz CT molecular complexity index is 791. The van der Waals surface area contributed by atoms with E-state index in [9.17, 15) is 9.59 Å². The molecule has 0 aliphatic rings. The second-order valence-electron chi connectivity index (χ2n) is 5.92. The molecule has 0 unspecified atom stereocenters. The lowest BCUT2D eigenvalue weighted by molar-refractivity contribution is -0.139. The fourth-order valence-electron chi connectivity index (χ4n) is 2.34. The van der Waals surface area contributed by atoms with Gasteiger partial charge >= 0.3 is 0 Å². The van der Waals surface area contributed by atoms with Gasteiger partial charge in [0.1, 0.15) is 5.75 Å². The highest BCUT2D eigenvalue weighted by molar-refractivity contribution is 6.39. The lowest BCUT2D eigenvalue weighted by atomic mass is 10.2. The molecule has 1 N–H and O–H groups in total. The van der Waals surface area contributed by atoms with Gasteiger partial charge < -0.3 is 15.0 Å². The fraction of sp³-hybridized carbons (Fsp3) is 0.263. The molecule has 1 atom stereocenters. The maximum atomic E-state index is 12.4. The number of carbonyl (C=O) groups excluding carboxylic acids is 2. The smallest absolute Gasteiger partial charge is 0.263 e. The minimum absolute atomic E-state index is 0.151. The first-order chi connectivity index (χ1) is 12.3. The van der Waals surface area contributed by atoms with Gasteiger partial charge in [-0.05, 0) is 43.7 Å². The molecule has 7 heteroatoms. The summed E-state index contributed by atoms with van der Waals surface area (Å²) in [6, 6.07) is 12.3. The Morgan fingerprint density at radius 1 is 1.15 bits per heavy atom. The Kier molecular flexibility index (Phi) is 6.89. The molecule has 0 aromatic heterocycles. The van der Waals surface area contributed by atoms with Gasteiger partial charge in [-0.3, -0.25) is 9.59 Å². The predicted molar refractivity (Wildman–Crippen MR) is 104 cm³/mol. The predicted octanol–water partition coefficient (Wildman–Crippen LogP) is 4.17. The van der Waals surface area contributed by atoms with Crippen LogP contribution in [-0.2, 0) is 9.59 Å². The molecule has 26 heavy (non-hydrogen) atoms. The summed E-state index contributed by atoms with van der Waals surface area (Å²) in [6.45, 7) is 3.43. The molecular weight excluding hydrogens is 375 g/mol. The SMILES string of the molecule is Cc1cccc(O[C@@H](C)C(=O)N(C)CC(=O)Nc2c(Cl)cccc2Cl)c1. The summed E-state index contributed by atoms with van der Waals surface area (Å²) in [5, 5.41) is 3.28. The second-order valence-corrected chi connectivity index (χ2v) is 6.73. The standard InChI is InChI=1S/C19H20Cl2N2O3/c1-12-6-4-7-14(10-12)26-13(2)19(25)23(3)11-17(24)22-18-15(20)8-5-9-16(18)21/h4-10,13H,11H2,1-3H3,(H,22,24)/t13-/m0/s1. The number of ether oxygens (including phenoxy) is 1. The molecule has 0 spiro atoms. The summed E-state index contributed by atoms with van der Waals surface area (Å²) in [6.07, 6.45) is -0.724. The van der Waals surface area contributed by atoms with E-state index in [-0.39, 0.29) is 12.5 Å². The molecule has 0 radical (unpaired) electrons. The number of carbonyl (C=O) groups is 2. The number of hydrogen-bond acceptors (Lipinski definition) is 3. The highest BCUT2D eigenvalue weighted by atomic mass is 35.5. The Labute approximate surface area is 162 Å². The average molecular weight is 395 g/mol. The number of halogens is 2. The van der Waals surface area contributed by atoms with Crippen molar-refractivity contribution in [3.8, 4) is 5.75 Å².